The third-order valence-corrected chi connectivity index (χ3v) is 4.68. The Labute approximate surface area is 154 Å². The van der Waals surface area contributed by atoms with Crippen molar-refractivity contribution in [3.8, 4) is 0 Å². The van der Waals surface area contributed by atoms with Gasteiger partial charge in [0, 0.05) is 45.5 Å². The monoisotopic (exact) mass is 385 g/mol. The lowest BCUT2D eigenvalue weighted by Gasteiger charge is -2.31. The molecule has 1 saturated heterocycles. The third-order valence-electron chi connectivity index (χ3n) is 4.68. The topological polar surface area (TPSA) is 71.8 Å². The van der Waals surface area contributed by atoms with Gasteiger partial charge in [0.1, 0.15) is 0 Å². The molecule has 10 heteroatoms. The summed E-state index contributed by atoms with van der Waals surface area (Å²) >= 11 is 0. The highest BCUT2D eigenvalue weighted by Gasteiger charge is 2.32. The van der Waals surface area contributed by atoms with E-state index in [1.165, 1.54) is 10.5 Å². The molecule has 2 aromatic heterocycles. The van der Waals surface area contributed by atoms with Crippen molar-refractivity contribution in [1.29, 1.82) is 0 Å². The van der Waals surface area contributed by atoms with Crippen LogP contribution in [0, 0.1) is 5.92 Å². The lowest BCUT2D eigenvalue weighted by molar-refractivity contribution is -0.137. The van der Waals surface area contributed by atoms with Gasteiger partial charge in [0.15, 0.2) is 5.65 Å². The summed E-state index contributed by atoms with van der Waals surface area (Å²) < 4.78 is 45.2. The molecule has 1 aliphatic rings. The molecule has 7 nitrogen and oxygen atoms in total. The molecule has 1 N–H and O–H groups in total. The molecule has 0 saturated carbocycles. The first-order valence-electron chi connectivity index (χ1n) is 8.83. The van der Waals surface area contributed by atoms with E-state index in [4.69, 9.17) is 4.74 Å². The highest BCUT2D eigenvalue weighted by Crippen LogP contribution is 2.30. The fraction of sp³-hybridized carbons (Fsp3) is 0.588. The fourth-order valence-corrected chi connectivity index (χ4v) is 3.18. The Morgan fingerprint density at radius 1 is 1.30 bits per heavy atom. The van der Waals surface area contributed by atoms with E-state index in [2.05, 4.69) is 15.5 Å². The van der Waals surface area contributed by atoms with Crippen LogP contribution in [0.2, 0.25) is 0 Å². The molecule has 0 aromatic carbocycles. The minimum Gasteiger partial charge on any atom is -0.385 e. The van der Waals surface area contributed by atoms with Crippen LogP contribution in [0.15, 0.2) is 18.3 Å². The number of pyridine rings is 1. The molecule has 2 aromatic rings. The number of ether oxygens (including phenoxy) is 1. The van der Waals surface area contributed by atoms with E-state index >= 15 is 0 Å². The van der Waals surface area contributed by atoms with Gasteiger partial charge in [-0.15, -0.1) is 10.2 Å². The van der Waals surface area contributed by atoms with E-state index in [1.54, 1.807) is 7.11 Å². The van der Waals surface area contributed by atoms with Crippen LogP contribution in [0.3, 0.4) is 0 Å². The van der Waals surface area contributed by atoms with Crippen LogP contribution in [0.4, 0.5) is 19.1 Å². The molecule has 148 valence electrons. The minimum absolute atomic E-state index is 0.0104. The van der Waals surface area contributed by atoms with Crippen molar-refractivity contribution in [2.75, 3.05) is 38.3 Å². The fourth-order valence-electron chi connectivity index (χ4n) is 3.18. The van der Waals surface area contributed by atoms with Crippen molar-refractivity contribution < 1.29 is 22.7 Å². The average molecular weight is 385 g/mol. The summed E-state index contributed by atoms with van der Waals surface area (Å²) in [7, 11) is 1.61. The van der Waals surface area contributed by atoms with E-state index in [0.717, 1.165) is 18.7 Å². The number of nitrogens with one attached hydrogen (secondary N) is 1. The van der Waals surface area contributed by atoms with Crippen molar-refractivity contribution in [3.63, 3.8) is 0 Å². The molecule has 1 aliphatic heterocycles. The van der Waals surface area contributed by atoms with Gasteiger partial charge in [-0.1, -0.05) is 0 Å². The summed E-state index contributed by atoms with van der Waals surface area (Å²) in [6.45, 7) is 2.24. The van der Waals surface area contributed by atoms with Gasteiger partial charge in [-0.25, -0.2) is 0 Å². The average Bonchev–Trinajstić information content (AvgIpc) is 3.08. The number of anilines is 1. The number of hydrogen-bond acceptors (Lipinski definition) is 5. The molecule has 1 fully saturated rings. The van der Waals surface area contributed by atoms with Gasteiger partial charge in [-0.3, -0.25) is 9.20 Å². The number of nitrogens with zero attached hydrogens (tertiary/aromatic N) is 4. The van der Waals surface area contributed by atoms with Gasteiger partial charge in [-0.2, -0.15) is 13.2 Å². The van der Waals surface area contributed by atoms with Crippen LogP contribution < -0.4 is 10.2 Å². The Balaban J connectivity index is 1.63. The van der Waals surface area contributed by atoms with Crippen molar-refractivity contribution in [2.45, 2.75) is 25.4 Å². The van der Waals surface area contributed by atoms with Gasteiger partial charge in [0.2, 0.25) is 11.9 Å². The normalized spacial score (nSPS) is 16.1. The zero-order valence-corrected chi connectivity index (χ0v) is 15.0. The van der Waals surface area contributed by atoms with Gasteiger partial charge >= 0.3 is 6.18 Å². The molecular formula is C17H22F3N5O2. The summed E-state index contributed by atoms with van der Waals surface area (Å²) in [5.41, 5.74) is -0.391. The first kappa shape index (κ1) is 19.4. The number of hydrogen-bond donors (Lipinski definition) is 1. The highest BCUT2D eigenvalue weighted by molar-refractivity contribution is 5.78. The number of piperidine rings is 1. The van der Waals surface area contributed by atoms with E-state index in [9.17, 15) is 18.0 Å². The summed E-state index contributed by atoms with van der Waals surface area (Å²) in [5.74, 6) is 0.278. The third kappa shape index (κ3) is 4.49. The number of rotatable bonds is 6. The smallest absolute Gasteiger partial charge is 0.385 e. The van der Waals surface area contributed by atoms with E-state index in [0.29, 0.717) is 50.7 Å². The Kier molecular flexibility index (Phi) is 5.83. The maximum absolute atomic E-state index is 13.0. The summed E-state index contributed by atoms with van der Waals surface area (Å²) in [4.78, 5) is 14.1. The van der Waals surface area contributed by atoms with Crippen molar-refractivity contribution in [2.24, 2.45) is 5.92 Å². The molecular weight excluding hydrogens is 363 g/mol. The molecule has 0 unspecified atom stereocenters. The van der Waals surface area contributed by atoms with E-state index in [1.807, 2.05) is 4.90 Å². The summed E-state index contributed by atoms with van der Waals surface area (Å²) in [5, 5.41) is 10.9. The van der Waals surface area contributed by atoms with Crippen LogP contribution in [0.25, 0.3) is 5.65 Å². The SMILES string of the molecule is COCCCNC(=O)C1CCN(c2nnc3ccc(C(F)(F)F)cn23)CC1. The number of fused-ring (bicyclic) bond motifs is 1. The van der Waals surface area contributed by atoms with Crippen molar-refractivity contribution in [1.82, 2.24) is 19.9 Å². The number of alkyl halides is 3. The number of carbonyl (C=O) groups excluding carboxylic acids is 1. The second-order valence-corrected chi connectivity index (χ2v) is 6.54. The zero-order chi connectivity index (χ0) is 19.4. The van der Waals surface area contributed by atoms with Gasteiger partial charge in [-0.05, 0) is 31.4 Å². The van der Waals surface area contributed by atoms with Gasteiger partial charge in [0.05, 0.1) is 5.56 Å². The molecule has 3 heterocycles. The summed E-state index contributed by atoms with van der Waals surface area (Å²) in [6, 6.07) is 2.30. The van der Waals surface area contributed by atoms with Crippen LogP contribution in [0.5, 0.6) is 0 Å². The zero-order valence-electron chi connectivity index (χ0n) is 15.0. The van der Waals surface area contributed by atoms with Crippen LogP contribution >= 0.6 is 0 Å². The Hall–Kier alpha value is -2.36. The second-order valence-electron chi connectivity index (χ2n) is 6.54. The van der Waals surface area contributed by atoms with Crippen LogP contribution in [-0.2, 0) is 15.7 Å². The van der Waals surface area contributed by atoms with Crippen molar-refractivity contribution in [3.05, 3.63) is 23.9 Å². The highest BCUT2D eigenvalue weighted by atomic mass is 19.4. The number of halogens is 3. The quantitative estimate of drug-likeness (QED) is 0.772. The maximum Gasteiger partial charge on any atom is 0.417 e. The van der Waals surface area contributed by atoms with E-state index in [-0.39, 0.29) is 11.8 Å². The molecule has 27 heavy (non-hydrogen) atoms. The first-order valence-corrected chi connectivity index (χ1v) is 8.83. The van der Waals surface area contributed by atoms with Crippen LogP contribution in [-0.4, -0.2) is 53.9 Å². The second kappa shape index (κ2) is 8.12. The predicted molar refractivity (Wildman–Crippen MR) is 92.4 cm³/mol. The molecule has 3 rings (SSSR count). The largest absolute Gasteiger partial charge is 0.417 e. The Morgan fingerprint density at radius 2 is 2.04 bits per heavy atom. The predicted octanol–water partition coefficient (Wildman–Crippen LogP) is 2.12. The minimum atomic E-state index is -4.43. The number of carbonyl (C=O) groups is 1. The lowest BCUT2D eigenvalue weighted by Crippen LogP contribution is -2.41. The lowest BCUT2D eigenvalue weighted by atomic mass is 9.96. The summed E-state index contributed by atoms with van der Waals surface area (Å²) in [6.07, 6.45) is -1.43. The Morgan fingerprint density at radius 3 is 2.70 bits per heavy atom. The van der Waals surface area contributed by atoms with Crippen molar-refractivity contribution >= 4 is 17.5 Å². The number of methoxy groups -OCH3 is 1. The Bertz CT molecular complexity index is 784. The molecule has 0 aliphatic carbocycles. The molecule has 0 atom stereocenters. The van der Waals surface area contributed by atoms with E-state index < -0.39 is 11.7 Å². The molecule has 0 spiro atoms. The molecule has 1 amide bonds. The standard InChI is InChI=1S/C17H22F3N5O2/c1-27-10-2-7-21-15(26)12-5-8-24(9-6-12)16-23-22-14-4-3-13(11-25(14)16)17(18,19)20/h3-4,11-12H,2,5-10H2,1H3,(H,21,26). The molecule has 0 radical (unpaired) electrons. The number of amides is 1. The first-order chi connectivity index (χ1) is 12.9. The number of aromatic nitrogens is 3. The van der Waals surface area contributed by atoms with Crippen LogP contribution in [0.1, 0.15) is 24.8 Å². The maximum atomic E-state index is 13.0. The molecule has 0 bridgehead atoms. The van der Waals surface area contributed by atoms with Gasteiger partial charge in [0.25, 0.3) is 0 Å². The van der Waals surface area contributed by atoms with Gasteiger partial charge < -0.3 is 15.0 Å².